The van der Waals surface area contributed by atoms with E-state index in [0.717, 1.165) is 18.3 Å². The number of carbonyl (C=O) groups excluding carboxylic acids is 2. The van der Waals surface area contributed by atoms with E-state index in [1.165, 1.54) is 25.3 Å². The summed E-state index contributed by atoms with van der Waals surface area (Å²) in [5.41, 5.74) is 5.30. The van der Waals surface area contributed by atoms with E-state index in [1.54, 1.807) is 0 Å². The summed E-state index contributed by atoms with van der Waals surface area (Å²) in [4.78, 5) is 26.3. The number of nitrogens with one attached hydrogen (secondary N) is 1. The van der Waals surface area contributed by atoms with E-state index in [0.29, 0.717) is 0 Å². The third-order valence-electron chi connectivity index (χ3n) is 3.14. The lowest BCUT2D eigenvalue weighted by Gasteiger charge is -2.12. The van der Waals surface area contributed by atoms with Gasteiger partial charge in [0, 0.05) is 24.4 Å². The first-order valence-corrected chi connectivity index (χ1v) is 7.00. The van der Waals surface area contributed by atoms with Gasteiger partial charge in [0.1, 0.15) is 17.4 Å². The predicted octanol–water partition coefficient (Wildman–Crippen LogP) is 1.54. The van der Waals surface area contributed by atoms with Crippen LogP contribution in [0.4, 0.5) is 8.78 Å². The average Bonchev–Trinajstić information content (AvgIpc) is 2.53. The van der Waals surface area contributed by atoms with Crippen LogP contribution in [0.5, 0.6) is 5.75 Å². The molecule has 1 atom stereocenters. The summed E-state index contributed by atoms with van der Waals surface area (Å²) in [7, 11) is 0. The molecule has 0 radical (unpaired) electrons. The molecule has 2 rings (SSSR count). The molecule has 0 saturated heterocycles. The molecule has 0 aliphatic carbocycles. The van der Waals surface area contributed by atoms with Gasteiger partial charge in [0.2, 0.25) is 0 Å². The second kappa shape index (κ2) is 7.49. The predicted molar refractivity (Wildman–Crippen MR) is 81.0 cm³/mol. The minimum atomic E-state index is -0.893. The summed E-state index contributed by atoms with van der Waals surface area (Å²) in [6, 6.07) is 4.97. The van der Waals surface area contributed by atoms with Gasteiger partial charge >= 0.3 is 0 Å². The molecule has 1 aromatic heterocycles. The fourth-order valence-electron chi connectivity index (χ4n) is 1.82. The molecule has 6 nitrogen and oxygen atoms in total. The Morgan fingerprint density at radius 2 is 2.04 bits per heavy atom. The van der Waals surface area contributed by atoms with Crippen molar-refractivity contribution in [2.45, 2.75) is 19.6 Å². The third kappa shape index (κ3) is 4.48. The fraction of sp³-hybridized carbons (Fsp3) is 0.188. The number of nitrogens with zero attached hydrogens (tertiary/aromatic N) is 1. The van der Waals surface area contributed by atoms with E-state index in [1.807, 2.05) is 0 Å². The number of benzene rings is 1. The average molecular weight is 335 g/mol. The maximum Gasteiger partial charge on any atom is 0.258 e. The molecular formula is C16H15F2N3O3. The van der Waals surface area contributed by atoms with Crippen LogP contribution in [-0.4, -0.2) is 22.9 Å². The van der Waals surface area contributed by atoms with Gasteiger partial charge in [0.05, 0.1) is 11.8 Å². The van der Waals surface area contributed by atoms with Crippen molar-refractivity contribution in [2.75, 3.05) is 0 Å². The zero-order valence-corrected chi connectivity index (χ0v) is 12.8. The van der Waals surface area contributed by atoms with Crippen LogP contribution in [0.3, 0.4) is 0 Å². The lowest BCUT2D eigenvalue weighted by atomic mass is 10.2. The lowest BCUT2D eigenvalue weighted by Crippen LogP contribution is -2.30. The van der Waals surface area contributed by atoms with Crippen molar-refractivity contribution in [2.24, 2.45) is 5.73 Å². The normalized spacial score (nSPS) is 11.6. The van der Waals surface area contributed by atoms with Crippen molar-refractivity contribution in [1.82, 2.24) is 10.3 Å². The largest absolute Gasteiger partial charge is 0.481 e. The highest BCUT2D eigenvalue weighted by atomic mass is 19.1. The maximum absolute atomic E-state index is 14.0. The van der Waals surface area contributed by atoms with Crippen LogP contribution >= 0.6 is 0 Å². The zero-order valence-electron chi connectivity index (χ0n) is 12.8. The molecule has 3 N–H and O–H groups in total. The number of pyridine rings is 1. The Morgan fingerprint density at radius 1 is 1.29 bits per heavy atom. The third-order valence-corrected chi connectivity index (χ3v) is 3.14. The van der Waals surface area contributed by atoms with Crippen LogP contribution in [0, 0.1) is 11.6 Å². The van der Waals surface area contributed by atoms with E-state index < -0.39 is 29.6 Å². The van der Waals surface area contributed by atoms with Crippen LogP contribution < -0.4 is 15.8 Å². The van der Waals surface area contributed by atoms with Crippen molar-refractivity contribution in [3.8, 4) is 5.75 Å². The molecule has 8 heteroatoms. The first kappa shape index (κ1) is 17.3. The first-order chi connectivity index (χ1) is 11.4. The summed E-state index contributed by atoms with van der Waals surface area (Å²) < 4.78 is 32.2. The SMILES string of the molecule is CC(Oc1ccc(CNC(=O)c2cncc(F)c2)c(F)c1)C(N)=O. The van der Waals surface area contributed by atoms with E-state index >= 15 is 0 Å². The number of ether oxygens (including phenoxy) is 1. The van der Waals surface area contributed by atoms with Crippen LogP contribution in [0.25, 0.3) is 0 Å². The topological polar surface area (TPSA) is 94.3 Å². The van der Waals surface area contributed by atoms with Gasteiger partial charge in [-0.3, -0.25) is 14.6 Å². The van der Waals surface area contributed by atoms with Crippen molar-refractivity contribution >= 4 is 11.8 Å². The molecule has 126 valence electrons. The van der Waals surface area contributed by atoms with Crippen molar-refractivity contribution in [1.29, 1.82) is 0 Å². The molecule has 1 aromatic carbocycles. The van der Waals surface area contributed by atoms with Gasteiger partial charge < -0.3 is 15.8 Å². The van der Waals surface area contributed by atoms with Gasteiger partial charge in [-0.15, -0.1) is 0 Å². The Hall–Kier alpha value is -3.03. The molecule has 0 aliphatic heterocycles. The molecule has 0 spiro atoms. The van der Waals surface area contributed by atoms with Gasteiger partial charge in [-0.25, -0.2) is 8.78 Å². The highest BCUT2D eigenvalue weighted by Crippen LogP contribution is 2.18. The minimum absolute atomic E-state index is 0.0330. The molecule has 2 aromatic rings. The molecular weight excluding hydrogens is 320 g/mol. The highest BCUT2D eigenvalue weighted by Gasteiger charge is 2.13. The Balaban J connectivity index is 2.00. The van der Waals surface area contributed by atoms with Crippen LogP contribution in [0.2, 0.25) is 0 Å². The standard InChI is InChI=1S/C16H15F2N3O3/c1-9(15(19)22)24-13-3-2-10(14(18)5-13)7-21-16(23)11-4-12(17)8-20-6-11/h2-6,8-9H,7H2,1H3,(H2,19,22)(H,21,23). The number of rotatable bonds is 6. The van der Waals surface area contributed by atoms with E-state index in [2.05, 4.69) is 10.3 Å². The molecule has 1 heterocycles. The van der Waals surface area contributed by atoms with Gasteiger partial charge in [0.15, 0.2) is 6.10 Å². The Labute approximate surface area is 136 Å². The number of halogens is 2. The summed E-state index contributed by atoms with van der Waals surface area (Å²) in [6.45, 7) is 1.34. The number of hydrogen-bond donors (Lipinski definition) is 2. The summed E-state index contributed by atoms with van der Waals surface area (Å²) >= 11 is 0. The summed E-state index contributed by atoms with van der Waals surface area (Å²) in [6.07, 6.45) is 1.29. The Morgan fingerprint density at radius 3 is 2.67 bits per heavy atom. The molecule has 0 fully saturated rings. The second-order valence-electron chi connectivity index (χ2n) is 4.99. The number of amides is 2. The fourth-order valence-corrected chi connectivity index (χ4v) is 1.82. The monoisotopic (exact) mass is 335 g/mol. The maximum atomic E-state index is 14.0. The Bertz CT molecular complexity index is 768. The number of primary amides is 1. The zero-order chi connectivity index (χ0) is 17.7. The molecule has 0 aliphatic rings. The lowest BCUT2D eigenvalue weighted by molar-refractivity contribution is -0.123. The first-order valence-electron chi connectivity index (χ1n) is 7.00. The quantitative estimate of drug-likeness (QED) is 0.837. The molecule has 2 amide bonds. The van der Waals surface area contributed by atoms with Crippen LogP contribution in [0.1, 0.15) is 22.8 Å². The second-order valence-corrected chi connectivity index (χ2v) is 4.99. The van der Waals surface area contributed by atoms with Gasteiger partial charge in [-0.2, -0.15) is 0 Å². The van der Waals surface area contributed by atoms with Crippen LogP contribution in [-0.2, 0) is 11.3 Å². The number of hydrogen-bond acceptors (Lipinski definition) is 4. The molecule has 24 heavy (non-hydrogen) atoms. The van der Waals surface area contributed by atoms with Crippen molar-refractivity contribution in [3.05, 3.63) is 59.4 Å². The molecule has 1 unspecified atom stereocenters. The van der Waals surface area contributed by atoms with Gasteiger partial charge in [-0.05, 0) is 19.1 Å². The van der Waals surface area contributed by atoms with Crippen LogP contribution in [0.15, 0.2) is 36.7 Å². The van der Waals surface area contributed by atoms with E-state index in [4.69, 9.17) is 10.5 Å². The Kier molecular flexibility index (Phi) is 5.41. The minimum Gasteiger partial charge on any atom is -0.481 e. The number of carbonyl (C=O) groups is 2. The van der Waals surface area contributed by atoms with E-state index in [9.17, 15) is 18.4 Å². The highest BCUT2D eigenvalue weighted by molar-refractivity contribution is 5.93. The number of nitrogens with two attached hydrogens (primary N) is 1. The molecule has 0 bridgehead atoms. The number of aromatic nitrogens is 1. The van der Waals surface area contributed by atoms with Gasteiger partial charge in [-0.1, -0.05) is 6.07 Å². The molecule has 0 saturated carbocycles. The summed E-state index contributed by atoms with van der Waals surface area (Å²) in [5.74, 6) is -2.37. The van der Waals surface area contributed by atoms with Gasteiger partial charge in [0.25, 0.3) is 11.8 Å². The summed E-state index contributed by atoms with van der Waals surface area (Å²) in [5, 5.41) is 2.46. The smallest absolute Gasteiger partial charge is 0.258 e. The van der Waals surface area contributed by atoms with E-state index in [-0.39, 0.29) is 23.4 Å². The van der Waals surface area contributed by atoms with Crippen molar-refractivity contribution in [3.63, 3.8) is 0 Å². The van der Waals surface area contributed by atoms with Crippen molar-refractivity contribution < 1.29 is 23.1 Å².